The second-order valence-corrected chi connectivity index (χ2v) is 4.54. The van der Waals surface area contributed by atoms with E-state index in [0.29, 0.717) is 5.56 Å². The summed E-state index contributed by atoms with van der Waals surface area (Å²) in [5.74, 6) is 0.00174. The van der Waals surface area contributed by atoms with E-state index in [9.17, 15) is 5.11 Å². The van der Waals surface area contributed by atoms with E-state index in [0.717, 1.165) is 10.2 Å². The molecule has 4 nitrogen and oxygen atoms in total. The molecule has 0 amide bonds. The SMILES string of the molecule is Oc1ccc(/C=N/Nc2ccc(Br)cc2)c(O)c1. The maximum absolute atomic E-state index is 9.54. The molecule has 0 aliphatic rings. The maximum Gasteiger partial charge on any atom is 0.128 e. The van der Waals surface area contributed by atoms with Crippen molar-refractivity contribution in [1.29, 1.82) is 0 Å². The summed E-state index contributed by atoms with van der Waals surface area (Å²) >= 11 is 3.34. The normalized spacial score (nSPS) is 10.7. The van der Waals surface area contributed by atoms with Crippen molar-refractivity contribution in [3.8, 4) is 11.5 Å². The lowest BCUT2D eigenvalue weighted by molar-refractivity contribution is 0.450. The van der Waals surface area contributed by atoms with Gasteiger partial charge in [0.25, 0.3) is 0 Å². The summed E-state index contributed by atoms with van der Waals surface area (Å²) in [6.07, 6.45) is 1.48. The highest BCUT2D eigenvalue weighted by atomic mass is 79.9. The molecule has 0 heterocycles. The lowest BCUT2D eigenvalue weighted by atomic mass is 10.2. The smallest absolute Gasteiger partial charge is 0.128 e. The molecule has 2 aromatic carbocycles. The second kappa shape index (κ2) is 5.55. The van der Waals surface area contributed by atoms with Crippen molar-refractivity contribution in [2.24, 2.45) is 5.10 Å². The minimum absolute atomic E-state index is 0.0173. The van der Waals surface area contributed by atoms with Crippen molar-refractivity contribution in [2.45, 2.75) is 0 Å². The van der Waals surface area contributed by atoms with Crippen LogP contribution < -0.4 is 5.43 Å². The summed E-state index contributed by atoms with van der Waals surface area (Å²) in [7, 11) is 0. The van der Waals surface area contributed by atoms with Gasteiger partial charge in [-0.05, 0) is 36.4 Å². The summed E-state index contributed by atoms with van der Waals surface area (Å²) in [5.41, 5.74) is 4.20. The Morgan fingerprint density at radius 3 is 2.44 bits per heavy atom. The van der Waals surface area contributed by atoms with Crippen LogP contribution in [0.5, 0.6) is 11.5 Å². The minimum Gasteiger partial charge on any atom is -0.508 e. The molecule has 0 fully saturated rings. The molecule has 92 valence electrons. The molecular formula is C13H11BrN2O2. The average Bonchev–Trinajstić information content (AvgIpc) is 2.34. The molecule has 18 heavy (non-hydrogen) atoms. The summed E-state index contributed by atoms with van der Waals surface area (Å²) < 4.78 is 0.994. The number of hydrazone groups is 1. The van der Waals surface area contributed by atoms with Crippen LogP contribution in [0.15, 0.2) is 52.0 Å². The van der Waals surface area contributed by atoms with Crippen LogP contribution in [0.1, 0.15) is 5.56 Å². The van der Waals surface area contributed by atoms with Crippen LogP contribution in [0.2, 0.25) is 0 Å². The van der Waals surface area contributed by atoms with Gasteiger partial charge in [0.1, 0.15) is 11.5 Å². The van der Waals surface area contributed by atoms with Crippen molar-refractivity contribution in [2.75, 3.05) is 5.43 Å². The van der Waals surface area contributed by atoms with Crippen LogP contribution in [0.4, 0.5) is 5.69 Å². The van der Waals surface area contributed by atoms with Gasteiger partial charge in [0.2, 0.25) is 0 Å². The van der Waals surface area contributed by atoms with E-state index in [1.165, 1.54) is 18.3 Å². The van der Waals surface area contributed by atoms with E-state index in [1.54, 1.807) is 6.07 Å². The Balaban J connectivity index is 2.05. The number of benzene rings is 2. The fourth-order valence-electron chi connectivity index (χ4n) is 1.34. The molecule has 0 saturated carbocycles. The molecule has 0 bridgehead atoms. The van der Waals surface area contributed by atoms with Crippen LogP contribution >= 0.6 is 15.9 Å². The third-order valence-corrected chi connectivity index (χ3v) is 2.78. The van der Waals surface area contributed by atoms with Crippen LogP contribution in [0, 0.1) is 0 Å². The zero-order valence-electron chi connectivity index (χ0n) is 9.34. The van der Waals surface area contributed by atoms with E-state index in [-0.39, 0.29) is 11.5 Å². The zero-order chi connectivity index (χ0) is 13.0. The fourth-order valence-corrected chi connectivity index (χ4v) is 1.61. The van der Waals surface area contributed by atoms with E-state index in [4.69, 9.17) is 5.11 Å². The largest absolute Gasteiger partial charge is 0.508 e. The first-order valence-electron chi connectivity index (χ1n) is 5.22. The molecule has 0 saturated heterocycles. The van der Waals surface area contributed by atoms with E-state index in [2.05, 4.69) is 26.5 Å². The molecule has 0 aliphatic heterocycles. The van der Waals surface area contributed by atoms with Crippen LogP contribution in [0.3, 0.4) is 0 Å². The van der Waals surface area contributed by atoms with Crippen LogP contribution in [0.25, 0.3) is 0 Å². The topological polar surface area (TPSA) is 64.9 Å². The maximum atomic E-state index is 9.54. The lowest BCUT2D eigenvalue weighted by Crippen LogP contribution is -1.90. The lowest BCUT2D eigenvalue weighted by Gasteiger charge is -2.01. The van der Waals surface area contributed by atoms with Crippen LogP contribution in [-0.2, 0) is 0 Å². The number of nitrogens with zero attached hydrogens (tertiary/aromatic N) is 1. The molecule has 2 aromatic rings. The van der Waals surface area contributed by atoms with Crippen molar-refractivity contribution < 1.29 is 10.2 Å². The van der Waals surface area contributed by atoms with Crippen molar-refractivity contribution in [3.05, 3.63) is 52.5 Å². The molecule has 3 N–H and O–H groups in total. The van der Waals surface area contributed by atoms with Gasteiger partial charge in [-0.2, -0.15) is 5.10 Å². The Hall–Kier alpha value is -2.01. The van der Waals surface area contributed by atoms with Crippen LogP contribution in [-0.4, -0.2) is 16.4 Å². The van der Waals surface area contributed by atoms with Gasteiger partial charge >= 0.3 is 0 Å². The van der Waals surface area contributed by atoms with Gasteiger partial charge < -0.3 is 10.2 Å². The van der Waals surface area contributed by atoms with Crippen molar-refractivity contribution in [3.63, 3.8) is 0 Å². The molecule has 0 aliphatic carbocycles. The molecule has 0 radical (unpaired) electrons. The Morgan fingerprint density at radius 2 is 1.78 bits per heavy atom. The number of hydrogen-bond donors (Lipinski definition) is 3. The average molecular weight is 307 g/mol. The first-order chi connectivity index (χ1) is 8.65. The van der Waals surface area contributed by atoms with Gasteiger partial charge in [-0.1, -0.05) is 15.9 Å². The molecule has 5 heteroatoms. The highest BCUT2D eigenvalue weighted by molar-refractivity contribution is 9.10. The molecule has 0 spiro atoms. The second-order valence-electron chi connectivity index (χ2n) is 3.62. The van der Waals surface area contributed by atoms with E-state index < -0.39 is 0 Å². The highest BCUT2D eigenvalue weighted by Gasteiger charge is 1.98. The quantitative estimate of drug-likeness (QED) is 0.602. The number of phenolic OH excluding ortho intramolecular Hbond substituents is 2. The summed E-state index contributed by atoms with van der Waals surface area (Å²) in [6.45, 7) is 0. The molecular weight excluding hydrogens is 296 g/mol. The van der Waals surface area contributed by atoms with Gasteiger partial charge in [0, 0.05) is 16.1 Å². The third-order valence-electron chi connectivity index (χ3n) is 2.26. The number of aromatic hydroxyl groups is 2. The number of phenols is 2. The number of hydrogen-bond acceptors (Lipinski definition) is 4. The highest BCUT2D eigenvalue weighted by Crippen LogP contribution is 2.21. The standard InChI is InChI=1S/C13H11BrN2O2/c14-10-2-4-11(5-3-10)16-15-8-9-1-6-12(17)7-13(9)18/h1-8,16-18H/b15-8+. The Labute approximate surface area is 113 Å². The third kappa shape index (κ3) is 3.24. The summed E-state index contributed by atoms with van der Waals surface area (Å²) in [4.78, 5) is 0. The van der Waals surface area contributed by atoms with E-state index in [1.807, 2.05) is 24.3 Å². The number of nitrogens with one attached hydrogen (secondary N) is 1. The van der Waals surface area contributed by atoms with Crippen molar-refractivity contribution >= 4 is 27.8 Å². The summed E-state index contributed by atoms with van der Waals surface area (Å²) in [5, 5.41) is 22.7. The first kappa shape index (κ1) is 12.4. The number of halogens is 1. The van der Waals surface area contributed by atoms with Crippen molar-refractivity contribution in [1.82, 2.24) is 0 Å². The van der Waals surface area contributed by atoms with Gasteiger partial charge in [-0.3, -0.25) is 5.43 Å². The van der Waals surface area contributed by atoms with E-state index >= 15 is 0 Å². The Morgan fingerprint density at radius 1 is 1.06 bits per heavy atom. The minimum atomic E-state index is -0.0173. The Bertz CT molecular complexity index is 568. The van der Waals surface area contributed by atoms with Gasteiger partial charge in [0.05, 0.1) is 11.9 Å². The zero-order valence-corrected chi connectivity index (χ0v) is 10.9. The summed E-state index contributed by atoms with van der Waals surface area (Å²) in [6, 6.07) is 11.9. The predicted molar refractivity (Wildman–Crippen MR) is 75.1 cm³/mol. The molecule has 2 rings (SSSR count). The van der Waals surface area contributed by atoms with Gasteiger partial charge in [-0.25, -0.2) is 0 Å². The molecule has 0 unspecified atom stereocenters. The van der Waals surface area contributed by atoms with Gasteiger partial charge in [-0.15, -0.1) is 0 Å². The first-order valence-corrected chi connectivity index (χ1v) is 6.01. The Kier molecular flexibility index (Phi) is 3.84. The fraction of sp³-hybridized carbons (Fsp3) is 0. The predicted octanol–water partition coefficient (Wildman–Crippen LogP) is 3.31. The number of rotatable bonds is 3. The van der Waals surface area contributed by atoms with Gasteiger partial charge in [0.15, 0.2) is 0 Å². The molecule has 0 aromatic heterocycles. The monoisotopic (exact) mass is 306 g/mol. The number of anilines is 1. The molecule has 0 atom stereocenters.